The highest BCUT2D eigenvalue weighted by Crippen LogP contribution is 2.53. The van der Waals surface area contributed by atoms with Crippen molar-refractivity contribution in [2.45, 2.75) is 75.0 Å². The SMILES string of the molecule is COC(=O)N[C@H](C(=O)N1[C@@H]2CC[C@H](C2)[C@H]1c1nc2ccc(-c3ccc4c(c3)C(F)(F)c3cc(-c5cnc([C@@H]6CCCN6)[nH]5)ccc3-4)cc2[nH]1)C1CCOCC1. The fourth-order valence-electron chi connectivity index (χ4n) is 9.93. The lowest BCUT2D eigenvalue weighted by atomic mass is 9.89. The van der Waals surface area contributed by atoms with Crippen molar-refractivity contribution in [2.75, 3.05) is 26.9 Å². The van der Waals surface area contributed by atoms with Crippen LogP contribution in [0, 0.1) is 11.8 Å². The summed E-state index contributed by atoms with van der Waals surface area (Å²) in [5.41, 5.74) is 5.41. The van der Waals surface area contributed by atoms with Crippen molar-refractivity contribution in [2.24, 2.45) is 11.8 Å². The maximum absolute atomic E-state index is 16.3. The Bertz CT molecular complexity index is 2310. The highest BCUT2D eigenvalue weighted by molar-refractivity contribution is 5.88. The molecule has 0 spiro atoms. The molecule has 4 N–H and O–H groups in total. The number of nitrogens with one attached hydrogen (secondary N) is 4. The van der Waals surface area contributed by atoms with Crippen LogP contribution in [0.5, 0.6) is 0 Å². The number of piperidine rings is 1. The first-order chi connectivity index (χ1) is 26.8. The second-order valence-corrected chi connectivity index (χ2v) is 15.8. The van der Waals surface area contributed by atoms with Gasteiger partial charge in [0.1, 0.15) is 17.7 Å². The van der Waals surface area contributed by atoms with E-state index < -0.39 is 18.1 Å². The Labute approximate surface area is 316 Å². The topological polar surface area (TPSA) is 137 Å². The smallest absolute Gasteiger partial charge is 0.407 e. The number of halogens is 2. The van der Waals surface area contributed by atoms with Gasteiger partial charge in [-0.3, -0.25) is 4.79 Å². The van der Waals surface area contributed by atoms with Crippen molar-refractivity contribution in [3.63, 3.8) is 0 Å². The van der Waals surface area contributed by atoms with Gasteiger partial charge in [0.15, 0.2) is 0 Å². The van der Waals surface area contributed by atoms with Gasteiger partial charge in [-0.2, -0.15) is 8.78 Å². The number of amides is 2. The normalized spacial score (nSPS) is 24.6. The largest absolute Gasteiger partial charge is 0.453 e. The van der Waals surface area contributed by atoms with Gasteiger partial charge >= 0.3 is 6.09 Å². The molecule has 1 saturated carbocycles. The monoisotopic (exact) mass is 747 g/mol. The number of H-pyrrole nitrogens is 2. The van der Waals surface area contributed by atoms with Crippen molar-refractivity contribution >= 4 is 23.0 Å². The van der Waals surface area contributed by atoms with Crippen LogP contribution in [-0.4, -0.2) is 75.8 Å². The Hall–Kier alpha value is -5.14. The van der Waals surface area contributed by atoms with E-state index in [1.807, 2.05) is 35.2 Å². The van der Waals surface area contributed by atoms with Gasteiger partial charge in [0.05, 0.1) is 42.1 Å². The molecular weight excluding hydrogens is 705 g/mol. The number of likely N-dealkylation sites (tertiary alicyclic amines) is 1. The van der Waals surface area contributed by atoms with Gasteiger partial charge in [-0.1, -0.05) is 30.3 Å². The molecular formula is C42H43F2N7O4. The molecule has 5 aromatic rings. The summed E-state index contributed by atoms with van der Waals surface area (Å²) in [6.07, 6.45) is 7.31. The second kappa shape index (κ2) is 13.3. The Morgan fingerprint density at radius 1 is 0.927 bits per heavy atom. The van der Waals surface area contributed by atoms with Crippen molar-refractivity contribution in [1.82, 2.24) is 35.5 Å². The molecule has 0 unspecified atom stereocenters. The number of carbonyl (C=O) groups excluding carboxylic acids is 2. The fraction of sp³-hybridized carbons (Fsp3) is 0.429. The third kappa shape index (κ3) is 5.73. The molecule has 3 aliphatic heterocycles. The molecule has 2 amide bonds. The molecule has 13 heteroatoms. The number of alkyl halides is 2. The molecule has 2 aromatic heterocycles. The van der Waals surface area contributed by atoms with Gasteiger partial charge in [0.2, 0.25) is 5.91 Å². The van der Waals surface area contributed by atoms with Crippen LogP contribution >= 0.6 is 0 Å². The lowest BCUT2D eigenvalue weighted by Gasteiger charge is -2.39. The number of nitrogens with zero attached hydrogens (tertiary/aromatic N) is 3. The molecule has 0 radical (unpaired) electrons. The minimum Gasteiger partial charge on any atom is -0.453 e. The van der Waals surface area contributed by atoms with E-state index in [0.29, 0.717) is 54.1 Å². The molecule has 3 aromatic carbocycles. The number of hydrogen-bond donors (Lipinski definition) is 4. The van der Waals surface area contributed by atoms with Crippen molar-refractivity contribution in [1.29, 1.82) is 0 Å². The summed E-state index contributed by atoms with van der Waals surface area (Å²) in [6, 6.07) is 15.6. The van der Waals surface area contributed by atoms with Gasteiger partial charge in [-0.05, 0) is 110 Å². The molecule has 2 bridgehead atoms. The summed E-state index contributed by atoms with van der Waals surface area (Å²) in [5, 5.41) is 6.28. The van der Waals surface area contributed by atoms with E-state index in [1.165, 1.54) is 7.11 Å². The van der Waals surface area contributed by atoms with Gasteiger partial charge < -0.3 is 35.0 Å². The Kier molecular flexibility index (Phi) is 8.29. The summed E-state index contributed by atoms with van der Waals surface area (Å²) < 4.78 is 43.1. The standard InChI is InChI=1S/C42H43F2N7O4/c1-54-41(53)50-36(22-12-15-55-16-13-22)40(52)51-27-8-4-26(17-27)37(51)39-47-32-11-7-24(20-34(32)48-39)23-5-9-28-29-10-6-25(19-31(29)42(43,44)30(28)18-23)35-21-46-38(49-35)33-3-2-14-45-33/h5-7,9-11,18-22,26-27,33,36-37,45H,2-4,8,12-17H2,1H3,(H,46,49)(H,47,48)(H,50,53)/t26-,27-,33+,36+,37+/m1/s1. The third-order valence-electron chi connectivity index (χ3n) is 12.7. The minimum absolute atomic E-state index is 0.00763. The number of aromatic nitrogens is 4. The number of methoxy groups -OCH3 is 1. The van der Waals surface area contributed by atoms with Crippen LogP contribution in [-0.2, 0) is 20.2 Å². The number of aromatic amines is 2. The van der Waals surface area contributed by atoms with Crippen LogP contribution < -0.4 is 10.6 Å². The van der Waals surface area contributed by atoms with E-state index in [1.54, 1.807) is 30.5 Å². The zero-order valence-electron chi connectivity index (χ0n) is 30.5. The van der Waals surface area contributed by atoms with Crippen LogP contribution in [0.4, 0.5) is 13.6 Å². The number of imidazole rings is 2. The number of carbonyl (C=O) groups is 2. The van der Waals surface area contributed by atoms with E-state index in [0.717, 1.165) is 66.8 Å². The molecule has 55 heavy (non-hydrogen) atoms. The van der Waals surface area contributed by atoms with Crippen LogP contribution in [0.25, 0.3) is 44.5 Å². The van der Waals surface area contributed by atoms with E-state index >= 15 is 8.78 Å². The maximum atomic E-state index is 16.3. The van der Waals surface area contributed by atoms with Crippen LogP contribution in [0.2, 0.25) is 0 Å². The quantitative estimate of drug-likeness (QED) is 0.137. The maximum Gasteiger partial charge on any atom is 0.407 e. The second-order valence-electron chi connectivity index (χ2n) is 15.8. The number of hydrogen-bond acceptors (Lipinski definition) is 7. The minimum atomic E-state index is -3.18. The lowest BCUT2D eigenvalue weighted by molar-refractivity contribution is -0.140. The molecule has 10 rings (SSSR count). The first-order valence-electron chi connectivity index (χ1n) is 19.5. The Morgan fingerprint density at radius 3 is 2.44 bits per heavy atom. The molecule has 2 aliphatic carbocycles. The molecule has 5 atom stereocenters. The molecule has 4 fully saturated rings. The van der Waals surface area contributed by atoms with E-state index in [2.05, 4.69) is 25.6 Å². The summed E-state index contributed by atoms with van der Waals surface area (Å²) in [4.78, 5) is 45.2. The molecule has 11 nitrogen and oxygen atoms in total. The lowest BCUT2D eigenvalue weighted by Crippen LogP contribution is -2.55. The molecule has 5 aliphatic rings. The predicted octanol–water partition coefficient (Wildman–Crippen LogP) is 7.37. The highest BCUT2D eigenvalue weighted by atomic mass is 19.3. The Balaban J connectivity index is 0.930. The zero-order chi connectivity index (χ0) is 37.4. The van der Waals surface area contributed by atoms with Gasteiger partial charge in [-0.25, -0.2) is 14.8 Å². The van der Waals surface area contributed by atoms with Crippen LogP contribution in [0.3, 0.4) is 0 Å². The van der Waals surface area contributed by atoms with E-state index in [4.69, 9.17) is 14.5 Å². The van der Waals surface area contributed by atoms with Gasteiger partial charge in [-0.15, -0.1) is 0 Å². The molecule has 3 saturated heterocycles. The van der Waals surface area contributed by atoms with Gasteiger partial charge in [0.25, 0.3) is 5.92 Å². The van der Waals surface area contributed by atoms with E-state index in [9.17, 15) is 9.59 Å². The number of ether oxygens (including phenoxy) is 2. The number of rotatable bonds is 7. The zero-order valence-corrected chi connectivity index (χ0v) is 30.5. The fourth-order valence-corrected chi connectivity index (χ4v) is 9.93. The van der Waals surface area contributed by atoms with Crippen molar-refractivity contribution in [3.05, 3.63) is 83.6 Å². The summed E-state index contributed by atoms with van der Waals surface area (Å²) >= 11 is 0. The van der Waals surface area contributed by atoms with Crippen molar-refractivity contribution < 1.29 is 27.8 Å². The third-order valence-corrected chi connectivity index (χ3v) is 12.7. The number of alkyl carbamates (subject to hydrolysis) is 1. The van der Waals surface area contributed by atoms with Crippen LogP contribution in [0.15, 0.2) is 60.8 Å². The number of fused-ring (bicyclic) bond motifs is 6. The van der Waals surface area contributed by atoms with Crippen LogP contribution in [0.1, 0.15) is 79.8 Å². The molecule has 5 heterocycles. The highest BCUT2D eigenvalue weighted by Gasteiger charge is 2.52. The summed E-state index contributed by atoms with van der Waals surface area (Å²) in [6.45, 7) is 2.03. The predicted molar refractivity (Wildman–Crippen MR) is 201 cm³/mol. The first-order valence-corrected chi connectivity index (χ1v) is 19.5. The average Bonchev–Trinajstić information content (AvgIpc) is 4.08. The van der Waals surface area contributed by atoms with E-state index in [-0.39, 0.29) is 47.0 Å². The average molecular weight is 748 g/mol. The number of benzene rings is 3. The van der Waals surface area contributed by atoms with Crippen molar-refractivity contribution in [3.8, 4) is 33.5 Å². The Morgan fingerprint density at radius 2 is 1.67 bits per heavy atom. The van der Waals surface area contributed by atoms with Gasteiger partial charge in [0, 0.05) is 35.9 Å². The molecule has 284 valence electrons. The first kappa shape index (κ1) is 34.4. The summed E-state index contributed by atoms with van der Waals surface area (Å²) in [7, 11) is 1.30. The summed E-state index contributed by atoms with van der Waals surface area (Å²) in [5.74, 6) is -1.58.